The molecule has 2 heterocycles. The summed E-state index contributed by atoms with van der Waals surface area (Å²) in [5.41, 5.74) is 0.600. The maximum Gasteiger partial charge on any atom is 0.416 e. The van der Waals surface area contributed by atoms with Crippen LogP contribution in [-0.2, 0) is 19.0 Å². The fourth-order valence-corrected chi connectivity index (χ4v) is 4.58. The van der Waals surface area contributed by atoms with Gasteiger partial charge in [0.05, 0.1) is 16.0 Å². The molecule has 3 nitrogen and oxygen atoms in total. The third-order valence-electron chi connectivity index (χ3n) is 4.33. The van der Waals surface area contributed by atoms with Gasteiger partial charge < -0.3 is 4.98 Å². The first-order chi connectivity index (χ1) is 12.3. The topological polar surface area (TPSA) is 45.8 Å². The Bertz CT molecular complexity index is 1080. The van der Waals surface area contributed by atoms with Gasteiger partial charge in [-0.1, -0.05) is 23.7 Å². The number of nitrogens with zero attached hydrogens (tertiary/aromatic N) is 1. The van der Waals surface area contributed by atoms with E-state index in [0.717, 1.165) is 37.0 Å². The molecule has 0 saturated carbocycles. The van der Waals surface area contributed by atoms with Crippen molar-refractivity contribution in [3.63, 3.8) is 0 Å². The van der Waals surface area contributed by atoms with Crippen LogP contribution in [0.4, 0.5) is 13.2 Å². The van der Waals surface area contributed by atoms with Gasteiger partial charge in [-0.3, -0.25) is 4.79 Å². The Labute approximate surface area is 155 Å². The second kappa shape index (κ2) is 6.25. The highest BCUT2D eigenvalue weighted by Gasteiger charge is 2.29. The lowest BCUT2D eigenvalue weighted by molar-refractivity contribution is -0.137. The Morgan fingerprint density at radius 3 is 2.65 bits per heavy atom. The van der Waals surface area contributed by atoms with E-state index in [0.29, 0.717) is 15.8 Å². The lowest BCUT2D eigenvalue weighted by atomic mass is 10.1. The number of aromatic nitrogens is 2. The summed E-state index contributed by atoms with van der Waals surface area (Å²) in [4.78, 5) is 21.4. The largest absolute Gasteiger partial charge is 0.416 e. The number of rotatable bonds is 2. The van der Waals surface area contributed by atoms with Gasteiger partial charge in [-0.15, -0.1) is 11.3 Å². The Kier molecular flexibility index (Phi) is 4.16. The summed E-state index contributed by atoms with van der Waals surface area (Å²) >= 11 is 7.75. The van der Waals surface area contributed by atoms with Crippen LogP contribution in [0, 0.1) is 0 Å². The molecular formula is C18H12ClF3N2OS. The van der Waals surface area contributed by atoms with E-state index >= 15 is 0 Å². The van der Waals surface area contributed by atoms with Crippen LogP contribution < -0.4 is 5.56 Å². The van der Waals surface area contributed by atoms with Crippen molar-refractivity contribution in [3.05, 3.63) is 62.0 Å². The number of alkyl halides is 3. The van der Waals surface area contributed by atoms with Gasteiger partial charge in [0, 0.05) is 4.88 Å². The van der Waals surface area contributed by atoms with Gasteiger partial charge in [0.1, 0.15) is 4.83 Å². The van der Waals surface area contributed by atoms with Crippen LogP contribution in [0.1, 0.15) is 33.8 Å². The van der Waals surface area contributed by atoms with E-state index in [-0.39, 0.29) is 16.4 Å². The monoisotopic (exact) mass is 396 g/mol. The number of nitrogens with one attached hydrogen (secondary N) is 1. The van der Waals surface area contributed by atoms with Crippen LogP contribution in [0.15, 0.2) is 29.1 Å². The molecule has 1 aliphatic carbocycles. The van der Waals surface area contributed by atoms with Crippen molar-refractivity contribution in [2.45, 2.75) is 25.4 Å². The summed E-state index contributed by atoms with van der Waals surface area (Å²) < 4.78 is 37.9. The molecule has 3 aromatic rings. The number of halogens is 4. The maximum atomic E-state index is 12.6. The average Bonchev–Trinajstić information content (AvgIpc) is 3.14. The van der Waals surface area contributed by atoms with Crippen molar-refractivity contribution in [1.82, 2.24) is 9.97 Å². The highest BCUT2D eigenvalue weighted by molar-refractivity contribution is 7.18. The van der Waals surface area contributed by atoms with E-state index in [1.165, 1.54) is 34.4 Å². The molecule has 0 fully saturated rings. The first-order valence-electron chi connectivity index (χ1n) is 7.92. The van der Waals surface area contributed by atoms with Crippen LogP contribution in [0.5, 0.6) is 0 Å². The van der Waals surface area contributed by atoms with Crippen molar-refractivity contribution >= 4 is 44.3 Å². The van der Waals surface area contributed by atoms with Crippen molar-refractivity contribution in [2.75, 3.05) is 0 Å². The van der Waals surface area contributed by atoms with Gasteiger partial charge in [0.2, 0.25) is 0 Å². The number of hydrogen-bond donors (Lipinski definition) is 1. The van der Waals surface area contributed by atoms with Crippen molar-refractivity contribution in [3.8, 4) is 0 Å². The first kappa shape index (κ1) is 17.3. The van der Waals surface area contributed by atoms with E-state index in [1.807, 2.05) is 0 Å². The number of H-pyrrole nitrogens is 1. The third kappa shape index (κ3) is 3.05. The Morgan fingerprint density at radius 2 is 1.96 bits per heavy atom. The standard InChI is InChI=1S/C18H12ClF3N2OS/c19-12(8-9-4-6-10(7-5-9)18(20,21)22)15-23-16(25)14-11-2-1-3-13(11)26-17(14)24-15/h4-8H,1-3H2,(H,23,24,25)/b12-8-. The number of thiophene rings is 1. The average molecular weight is 397 g/mol. The molecule has 1 aliphatic rings. The van der Waals surface area contributed by atoms with E-state index < -0.39 is 11.7 Å². The zero-order valence-corrected chi connectivity index (χ0v) is 14.9. The third-order valence-corrected chi connectivity index (χ3v) is 5.81. The van der Waals surface area contributed by atoms with Crippen molar-refractivity contribution < 1.29 is 13.2 Å². The van der Waals surface area contributed by atoms with Crippen molar-refractivity contribution in [2.24, 2.45) is 0 Å². The molecule has 0 unspecified atom stereocenters. The second-order valence-corrected chi connectivity index (χ2v) is 7.55. The van der Waals surface area contributed by atoms with Crippen LogP contribution in [0.2, 0.25) is 0 Å². The first-order valence-corrected chi connectivity index (χ1v) is 9.12. The summed E-state index contributed by atoms with van der Waals surface area (Å²) in [5.74, 6) is 0.212. The van der Waals surface area contributed by atoms with Crippen molar-refractivity contribution in [1.29, 1.82) is 0 Å². The fraction of sp³-hybridized carbons (Fsp3) is 0.222. The fourth-order valence-electron chi connectivity index (χ4n) is 3.10. The highest BCUT2D eigenvalue weighted by atomic mass is 35.5. The smallest absolute Gasteiger partial charge is 0.305 e. The molecule has 134 valence electrons. The Hall–Kier alpha value is -2.12. The summed E-state index contributed by atoms with van der Waals surface area (Å²) in [6, 6.07) is 4.61. The molecule has 0 aliphatic heterocycles. The van der Waals surface area contributed by atoms with Gasteiger partial charge in [-0.05, 0) is 48.6 Å². The number of hydrogen-bond acceptors (Lipinski definition) is 3. The molecule has 1 N–H and O–H groups in total. The van der Waals surface area contributed by atoms with Crippen LogP contribution in [0.25, 0.3) is 21.3 Å². The summed E-state index contributed by atoms with van der Waals surface area (Å²) in [7, 11) is 0. The minimum Gasteiger partial charge on any atom is -0.305 e. The zero-order valence-electron chi connectivity index (χ0n) is 13.3. The molecule has 0 radical (unpaired) electrons. The number of aromatic amines is 1. The van der Waals surface area contributed by atoms with E-state index in [4.69, 9.17) is 11.6 Å². The lowest BCUT2D eigenvalue weighted by Gasteiger charge is -2.06. The molecule has 0 atom stereocenters. The molecule has 2 aromatic heterocycles. The van der Waals surface area contributed by atoms with E-state index in [9.17, 15) is 18.0 Å². The van der Waals surface area contributed by atoms with Gasteiger partial charge in [0.25, 0.3) is 5.56 Å². The maximum absolute atomic E-state index is 12.6. The zero-order chi connectivity index (χ0) is 18.5. The van der Waals surface area contributed by atoms with Gasteiger partial charge in [-0.2, -0.15) is 13.2 Å². The van der Waals surface area contributed by atoms with Gasteiger partial charge in [0.15, 0.2) is 5.82 Å². The molecule has 1 aromatic carbocycles. The van der Waals surface area contributed by atoms with Crippen LogP contribution >= 0.6 is 22.9 Å². The highest BCUT2D eigenvalue weighted by Crippen LogP contribution is 2.35. The molecule has 0 bridgehead atoms. The molecule has 0 spiro atoms. The van der Waals surface area contributed by atoms with Gasteiger partial charge >= 0.3 is 6.18 Å². The quantitative estimate of drug-likeness (QED) is 0.644. The summed E-state index contributed by atoms with van der Waals surface area (Å²) in [5, 5.41) is 0.794. The van der Waals surface area contributed by atoms with E-state index in [2.05, 4.69) is 9.97 Å². The number of fused-ring (bicyclic) bond motifs is 3. The molecule has 0 saturated heterocycles. The summed E-state index contributed by atoms with van der Waals surface area (Å²) in [6.45, 7) is 0. The van der Waals surface area contributed by atoms with Crippen LogP contribution in [-0.4, -0.2) is 9.97 Å². The minimum atomic E-state index is -4.39. The minimum absolute atomic E-state index is 0.164. The summed E-state index contributed by atoms with van der Waals surface area (Å²) in [6.07, 6.45) is -0.0156. The molecule has 4 rings (SSSR count). The lowest BCUT2D eigenvalue weighted by Crippen LogP contribution is -2.10. The van der Waals surface area contributed by atoms with Gasteiger partial charge in [-0.25, -0.2) is 4.98 Å². The molecule has 8 heteroatoms. The normalized spacial score (nSPS) is 14.8. The van der Waals surface area contributed by atoms with Crippen LogP contribution in [0.3, 0.4) is 0 Å². The predicted octanol–water partition coefficient (Wildman–Crippen LogP) is 5.23. The SMILES string of the molecule is O=c1[nH]c(/C(Cl)=C/c2ccc(C(F)(F)F)cc2)nc2sc3c(c12)CCC3. The van der Waals surface area contributed by atoms with E-state index in [1.54, 1.807) is 0 Å². The molecular weight excluding hydrogens is 385 g/mol. The Morgan fingerprint density at radius 1 is 1.23 bits per heavy atom. The Balaban J connectivity index is 1.71. The number of aryl methyl sites for hydroxylation is 2. The molecule has 26 heavy (non-hydrogen) atoms. The molecule has 0 amide bonds. The predicted molar refractivity (Wildman–Crippen MR) is 97.4 cm³/mol. The number of benzene rings is 1. The second-order valence-electron chi connectivity index (χ2n) is 6.06.